The minimum Gasteiger partial charge on any atom is -0.305 e. The standard InChI is InChI=1S/C8H7BrClN3O/c9-7-3-5(10)1-2-6(7)8(14)4-12-13-11/h1-3H,4H2,(H2,11,12). The second kappa shape index (κ2) is 5.07. The molecule has 0 aliphatic carbocycles. The van der Waals surface area contributed by atoms with Gasteiger partial charge in [0, 0.05) is 15.1 Å². The van der Waals surface area contributed by atoms with E-state index in [1.54, 1.807) is 18.2 Å². The maximum absolute atomic E-state index is 11.5. The van der Waals surface area contributed by atoms with Crippen molar-refractivity contribution in [3.05, 3.63) is 33.3 Å². The van der Waals surface area contributed by atoms with E-state index in [2.05, 4.69) is 26.3 Å². The van der Waals surface area contributed by atoms with Crippen LogP contribution in [0, 0.1) is 0 Å². The lowest BCUT2D eigenvalue weighted by Crippen LogP contribution is -2.04. The number of hydrogen-bond donors (Lipinski definition) is 1. The molecule has 0 aromatic heterocycles. The van der Waals surface area contributed by atoms with Crippen LogP contribution in [-0.4, -0.2) is 12.3 Å². The molecule has 0 heterocycles. The van der Waals surface area contributed by atoms with E-state index in [9.17, 15) is 4.79 Å². The zero-order chi connectivity index (χ0) is 10.6. The number of halogens is 2. The van der Waals surface area contributed by atoms with Crippen LogP contribution in [0.3, 0.4) is 0 Å². The second-order valence-corrected chi connectivity index (χ2v) is 3.75. The zero-order valence-corrected chi connectivity index (χ0v) is 9.42. The van der Waals surface area contributed by atoms with Crippen LogP contribution in [0.25, 0.3) is 0 Å². The van der Waals surface area contributed by atoms with Crippen molar-refractivity contribution in [2.45, 2.75) is 0 Å². The van der Waals surface area contributed by atoms with E-state index in [1.165, 1.54) is 0 Å². The highest BCUT2D eigenvalue weighted by Crippen LogP contribution is 2.21. The van der Waals surface area contributed by atoms with Crippen molar-refractivity contribution in [2.24, 2.45) is 16.2 Å². The summed E-state index contributed by atoms with van der Waals surface area (Å²) in [7, 11) is 0. The SMILES string of the molecule is NN=NCC(=O)c1ccc(Cl)cc1Br. The van der Waals surface area contributed by atoms with Gasteiger partial charge in [-0.25, -0.2) is 0 Å². The van der Waals surface area contributed by atoms with Crippen molar-refractivity contribution < 1.29 is 4.79 Å². The predicted molar refractivity (Wildman–Crippen MR) is 57.4 cm³/mol. The van der Waals surface area contributed by atoms with Crippen LogP contribution in [0.2, 0.25) is 5.02 Å². The summed E-state index contributed by atoms with van der Waals surface area (Å²) in [5, 5.41) is 6.99. The highest BCUT2D eigenvalue weighted by molar-refractivity contribution is 9.10. The maximum atomic E-state index is 11.5. The second-order valence-electron chi connectivity index (χ2n) is 2.46. The van der Waals surface area contributed by atoms with E-state index in [4.69, 9.17) is 17.4 Å². The van der Waals surface area contributed by atoms with E-state index < -0.39 is 0 Å². The van der Waals surface area contributed by atoms with Crippen LogP contribution < -0.4 is 5.84 Å². The van der Waals surface area contributed by atoms with Gasteiger partial charge in [0.1, 0.15) is 6.54 Å². The number of ketones is 1. The molecule has 14 heavy (non-hydrogen) atoms. The third kappa shape index (κ3) is 2.78. The fourth-order valence-electron chi connectivity index (χ4n) is 0.906. The van der Waals surface area contributed by atoms with Gasteiger partial charge in [-0.05, 0) is 34.1 Å². The van der Waals surface area contributed by atoms with Crippen LogP contribution >= 0.6 is 27.5 Å². The molecule has 0 amide bonds. The lowest BCUT2D eigenvalue weighted by atomic mass is 10.1. The van der Waals surface area contributed by atoms with Gasteiger partial charge in [-0.1, -0.05) is 16.8 Å². The number of nitrogens with two attached hydrogens (primary N) is 1. The van der Waals surface area contributed by atoms with Gasteiger partial charge in [-0.2, -0.15) is 5.11 Å². The molecule has 6 heteroatoms. The summed E-state index contributed by atoms with van der Waals surface area (Å²) >= 11 is 8.95. The summed E-state index contributed by atoms with van der Waals surface area (Å²) < 4.78 is 0.641. The Balaban J connectivity index is 2.90. The molecule has 1 aromatic rings. The zero-order valence-electron chi connectivity index (χ0n) is 7.08. The van der Waals surface area contributed by atoms with Gasteiger partial charge < -0.3 is 5.84 Å². The van der Waals surface area contributed by atoms with Gasteiger partial charge in [-0.3, -0.25) is 4.79 Å². The van der Waals surface area contributed by atoms with Gasteiger partial charge >= 0.3 is 0 Å². The third-order valence-corrected chi connectivity index (χ3v) is 2.42. The summed E-state index contributed by atoms with van der Waals surface area (Å²) in [6, 6.07) is 4.91. The first-order valence-corrected chi connectivity index (χ1v) is 4.87. The minimum atomic E-state index is -0.164. The number of benzene rings is 1. The molecule has 0 atom stereocenters. The molecule has 0 unspecified atom stereocenters. The Morgan fingerprint density at radius 1 is 1.57 bits per heavy atom. The first kappa shape index (κ1) is 11.1. The molecule has 0 aliphatic rings. The average Bonchev–Trinajstić information content (AvgIpc) is 2.14. The van der Waals surface area contributed by atoms with E-state index in [-0.39, 0.29) is 12.3 Å². The molecule has 0 bridgehead atoms. The van der Waals surface area contributed by atoms with Crippen LogP contribution in [0.4, 0.5) is 0 Å². The quantitative estimate of drug-likeness (QED) is 0.399. The number of carbonyl (C=O) groups excluding carboxylic acids is 1. The number of hydrogen-bond acceptors (Lipinski definition) is 3. The van der Waals surface area contributed by atoms with E-state index in [1.807, 2.05) is 0 Å². The van der Waals surface area contributed by atoms with Crippen molar-refractivity contribution in [3.63, 3.8) is 0 Å². The Bertz CT molecular complexity index is 381. The molecule has 0 aliphatic heterocycles. The minimum absolute atomic E-state index is 0.0588. The molecular formula is C8H7BrClN3O. The summed E-state index contributed by atoms with van der Waals surface area (Å²) in [5.41, 5.74) is 0.516. The van der Waals surface area contributed by atoms with Crippen LogP contribution in [0.1, 0.15) is 10.4 Å². The Labute approximate surface area is 94.3 Å². The van der Waals surface area contributed by atoms with Crippen LogP contribution in [0.15, 0.2) is 33.0 Å². The average molecular weight is 277 g/mol. The summed E-state index contributed by atoms with van der Waals surface area (Å²) in [6.45, 7) is -0.0588. The van der Waals surface area contributed by atoms with Crippen molar-refractivity contribution in [2.75, 3.05) is 6.54 Å². The first-order valence-electron chi connectivity index (χ1n) is 3.70. The third-order valence-electron chi connectivity index (χ3n) is 1.53. The van der Waals surface area contributed by atoms with E-state index >= 15 is 0 Å². The van der Waals surface area contributed by atoms with Crippen LogP contribution in [-0.2, 0) is 0 Å². The lowest BCUT2D eigenvalue weighted by Gasteiger charge is -2.00. The number of nitrogens with zero attached hydrogens (tertiary/aromatic N) is 2. The molecule has 1 rings (SSSR count). The number of Topliss-reactive ketones (excluding diaryl/α,β-unsaturated/α-hetero) is 1. The Hall–Kier alpha value is -0.940. The molecule has 2 N–H and O–H groups in total. The van der Waals surface area contributed by atoms with Crippen molar-refractivity contribution in [1.82, 2.24) is 0 Å². The molecule has 0 radical (unpaired) electrons. The highest BCUT2D eigenvalue weighted by Gasteiger charge is 2.09. The largest absolute Gasteiger partial charge is 0.305 e. The fourth-order valence-corrected chi connectivity index (χ4v) is 1.81. The highest BCUT2D eigenvalue weighted by atomic mass is 79.9. The Morgan fingerprint density at radius 3 is 2.86 bits per heavy atom. The lowest BCUT2D eigenvalue weighted by molar-refractivity contribution is 0.0999. The summed E-state index contributed by atoms with van der Waals surface area (Å²) in [6.07, 6.45) is 0. The topological polar surface area (TPSA) is 67.8 Å². The summed E-state index contributed by atoms with van der Waals surface area (Å²) in [4.78, 5) is 11.5. The molecule has 0 saturated heterocycles. The Morgan fingerprint density at radius 2 is 2.29 bits per heavy atom. The number of carbonyl (C=O) groups is 1. The normalized spacial score (nSPS) is 10.7. The molecule has 1 aromatic carbocycles. The van der Waals surface area contributed by atoms with E-state index in [0.29, 0.717) is 15.1 Å². The first-order chi connectivity index (χ1) is 6.65. The van der Waals surface area contributed by atoms with Crippen molar-refractivity contribution in [1.29, 1.82) is 0 Å². The number of rotatable bonds is 3. The molecular weight excluding hydrogens is 269 g/mol. The maximum Gasteiger partial charge on any atom is 0.187 e. The van der Waals surface area contributed by atoms with Gasteiger partial charge in [0.25, 0.3) is 0 Å². The smallest absolute Gasteiger partial charge is 0.187 e. The molecule has 74 valence electrons. The molecule has 0 fully saturated rings. The Kier molecular flexibility index (Phi) is 4.03. The van der Waals surface area contributed by atoms with Crippen molar-refractivity contribution >= 4 is 33.3 Å². The molecule has 0 spiro atoms. The van der Waals surface area contributed by atoms with Crippen molar-refractivity contribution in [3.8, 4) is 0 Å². The van der Waals surface area contributed by atoms with Gasteiger partial charge in [0.2, 0.25) is 0 Å². The fraction of sp³-hybridized carbons (Fsp3) is 0.125. The van der Waals surface area contributed by atoms with Gasteiger partial charge in [0.05, 0.1) is 0 Å². The van der Waals surface area contributed by atoms with E-state index in [0.717, 1.165) is 0 Å². The molecule has 4 nitrogen and oxygen atoms in total. The van der Waals surface area contributed by atoms with Gasteiger partial charge in [-0.15, -0.1) is 0 Å². The monoisotopic (exact) mass is 275 g/mol. The molecule has 0 saturated carbocycles. The predicted octanol–water partition coefficient (Wildman–Crippen LogP) is 2.61. The van der Waals surface area contributed by atoms with Crippen LogP contribution in [0.5, 0.6) is 0 Å². The summed E-state index contributed by atoms with van der Waals surface area (Å²) in [5.74, 6) is 4.63. The van der Waals surface area contributed by atoms with Gasteiger partial charge in [0.15, 0.2) is 5.78 Å².